The number of aryl methyl sites for hydroxylation is 1. The third-order valence-corrected chi connectivity index (χ3v) is 4.49. The van der Waals surface area contributed by atoms with Crippen molar-refractivity contribution in [3.05, 3.63) is 23.5 Å². The Kier molecular flexibility index (Phi) is 3.85. The molecule has 2 heterocycles. The molecule has 1 amide bonds. The SMILES string of the molecule is CCOc1ccc(C)nc1C(=O)N1CC2CC2CC1CO. The number of rotatable bonds is 4. The molecule has 3 rings (SSSR count). The number of aliphatic hydroxyl groups is 1. The molecule has 21 heavy (non-hydrogen) atoms. The molecule has 114 valence electrons. The maximum absolute atomic E-state index is 12.9. The molecule has 5 heteroatoms. The molecule has 3 unspecified atom stereocenters. The lowest BCUT2D eigenvalue weighted by atomic mass is 10.0. The van der Waals surface area contributed by atoms with E-state index in [9.17, 15) is 9.90 Å². The molecule has 1 saturated heterocycles. The number of nitrogens with zero attached hydrogens (tertiary/aromatic N) is 2. The van der Waals surface area contributed by atoms with Gasteiger partial charge in [-0.2, -0.15) is 0 Å². The van der Waals surface area contributed by atoms with Gasteiger partial charge in [-0.3, -0.25) is 4.79 Å². The van der Waals surface area contributed by atoms with Crippen molar-refractivity contribution in [2.75, 3.05) is 19.8 Å². The largest absolute Gasteiger partial charge is 0.491 e. The number of aliphatic hydroxyl groups excluding tert-OH is 1. The van der Waals surface area contributed by atoms with Crippen LogP contribution >= 0.6 is 0 Å². The molecule has 1 aromatic rings. The highest BCUT2D eigenvalue weighted by molar-refractivity contribution is 5.95. The molecule has 0 spiro atoms. The maximum atomic E-state index is 12.9. The topological polar surface area (TPSA) is 62.7 Å². The van der Waals surface area contributed by atoms with Gasteiger partial charge in [0.1, 0.15) is 0 Å². The van der Waals surface area contributed by atoms with Crippen molar-refractivity contribution in [2.24, 2.45) is 11.8 Å². The van der Waals surface area contributed by atoms with E-state index in [1.807, 2.05) is 19.9 Å². The lowest BCUT2D eigenvalue weighted by molar-refractivity contribution is 0.0476. The van der Waals surface area contributed by atoms with Crippen molar-refractivity contribution in [2.45, 2.75) is 32.7 Å². The quantitative estimate of drug-likeness (QED) is 0.915. The van der Waals surface area contributed by atoms with Crippen LogP contribution in [0, 0.1) is 18.8 Å². The zero-order chi connectivity index (χ0) is 15.0. The molecule has 0 bridgehead atoms. The standard InChI is InChI=1S/C16H22N2O3/c1-3-21-14-5-4-10(2)17-15(14)16(20)18-8-12-6-11(12)7-13(18)9-19/h4-5,11-13,19H,3,6-9H2,1-2H3. The molecule has 1 aliphatic carbocycles. The number of carbonyl (C=O) groups excluding carboxylic acids is 1. The number of fused-ring (bicyclic) bond motifs is 1. The summed E-state index contributed by atoms with van der Waals surface area (Å²) in [6.45, 7) is 5.00. The van der Waals surface area contributed by atoms with Crippen molar-refractivity contribution in [1.29, 1.82) is 0 Å². The fourth-order valence-corrected chi connectivity index (χ4v) is 3.23. The fraction of sp³-hybridized carbons (Fsp3) is 0.625. The van der Waals surface area contributed by atoms with Gasteiger partial charge in [0.15, 0.2) is 11.4 Å². The van der Waals surface area contributed by atoms with Crippen LogP contribution in [0.25, 0.3) is 0 Å². The molecule has 0 aromatic carbocycles. The average molecular weight is 290 g/mol. The van der Waals surface area contributed by atoms with Crippen LogP contribution in [0.4, 0.5) is 0 Å². The minimum absolute atomic E-state index is 0.0186. The number of piperidine rings is 1. The second-order valence-electron chi connectivity index (χ2n) is 6.02. The highest BCUT2D eigenvalue weighted by atomic mass is 16.5. The lowest BCUT2D eigenvalue weighted by Crippen LogP contribution is -2.47. The summed E-state index contributed by atoms with van der Waals surface area (Å²) in [5.41, 5.74) is 1.16. The Labute approximate surface area is 124 Å². The van der Waals surface area contributed by atoms with Crippen LogP contribution < -0.4 is 4.74 Å². The van der Waals surface area contributed by atoms with Gasteiger partial charge in [0.05, 0.1) is 19.3 Å². The number of likely N-dealkylation sites (tertiary alicyclic amines) is 1. The number of hydrogen-bond acceptors (Lipinski definition) is 4. The molecular weight excluding hydrogens is 268 g/mol. The summed E-state index contributed by atoms with van der Waals surface area (Å²) in [6, 6.07) is 3.56. The molecule has 1 aromatic heterocycles. The third-order valence-electron chi connectivity index (χ3n) is 4.49. The van der Waals surface area contributed by atoms with Gasteiger partial charge >= 0.3 is 0 Å². The third kappa shape index (κ3) is 2.75. The molecular formula is C16H22N2O3. The van der Waals surface area contributed by atoms with Gasteiger partial charge in [-0.15, -0.1) is 0 Å². The normalized spacial score (nSPS) is 27.2. The Morgan fingerprint density at radius 2 is 2.24 bits per heavy atom. The molecule has 1 N–H and O–H groups in total. The van der Waals surface area contributed by atoms with Gasteiger partial charge in [0, 0.05) is 12.2 Å². The second-order valence-corrected chi connectivity index (χ2v) is 6.02. The summed E-state index contributed by atoms with van der Waals surface area (Å²) in [6.07, 6.45) is 2.09. The van der Waals surface area contributed by atoms with Crippen LogP contribution in [0.5, 0.6) is 5.75 Å². The minimum Gasteiger partial charge on any atom is -0.491 e. The zero-order valence-corrected chi connectivity index (χ0v) is 12.6. The maximum Gasteiger partial charge on any atom is 0.276 e. The number of ether oxygens (including phenoxy) is 1. The number of carbonyl (C=O) groups is 1. The lowest BCUT2D eigenvalue weighted by Gasteiger charge is -2.34. The fourth-order valence-electron chi connectivity index (χ4n) is 3.23. The van der Waals surface area contributed by atoms with Crippen LogP contribution in [-0.4, -0.2) is 46.7 Å². The molecule has 5 nitrogen and oxygen atoms in total. The second kappa shape index (κ2) is 5.64. The van der Waals surface area contributed by atoms with Gasteiger partial charge in [0.2, 0.25) is 0 Å². The van der Waals surface area contributed by atoms with Crippen LogP contribution in [0.15, 0.2) is 12.1 Å². The molecule has 0 radical (unpaired) electrons. The van der Waals surface area contributed by atoms with Crippen LogP contribution in [0.3, 0.4) is 0 Å². The van der Waals surface area contributed by atoms with Crippen molar-refractivity contribution in [3.8, 4) is 5.75 Å². The Morgan fingerprint density at radius 1 is 1.43 bits per heavy atom. The molecule has 2 aliphatic rings. The highest BCUT2D eigenvalue weighted by Gasteiger charge is 2.47. The zero-order valence-electron chi connectivity index (χ0n) is 12.6. The molecule has 2 fully saturated rings. The van der Waals surface area contributed by atoms with Gasteiger partial charge in [-0.05, 0) is 50.7 Å². The molecule has 1 saturated carbocycles. The van der Waals surface area contributed by atoms with Gasteiger partial charge in [-0.1, -0.05) is 0 Å². The summed E-state index contributed by atoms with van der Waals surface area (Å²) in [4.78, 5) is 19.0. The van der Waals surface area contributed by atoms with E-state index in [0.717, 1.165) is 18.7 Å². The van der Waals surface area contributed by atoms with Crippen molar-refractivity contribution in [3.63, 3.8) is 0 Å². The average Bonchev–Trinajstić information content (AvgIpc) is 3.25. The van der Waals surface area contributed by atoms with Crippen LogP contribution in [0.1, 0.15) is 35.9 Å². The van der Waals surface area contributed by atoms with Crippen LogP contribution in [-0.2, 0) is 0 Å². The summed E-state index contributed by atoms with van der Waals surface area (Å²) in [5.74, 6) is 1.72. The van der Waals surface area contributed by atoms with Gasteiger partial charge in [-0.25, -0.2) is 4.98 Å². The van der Waals surface area contributed by atoms with E-state index in [-0.39, 0.29) is 18.6 Å². The number of pyridine rings is 1. The Bertz CT molecular complexity index is 546. The highest BCUT2D eigenvalue weighted by Crippen LogP contribution is 2.47. The Hall–Kier alpha value is -1.62. The number of amides is 1. The summed E-state index contributed by atoms with van der Waals surface area (Å²) in [7, 11) is 0. The predicted octanol–water partition coefficient (Wildman–Crippen LogP) is 1.63. The van der Waals surface area contributed by atoms with E-state index in [1.165, 1.54) is 6.42 Å². The summed E-state index contributed by atoms with van der Waals surface area (Å²) >= 11 is 0. The van der Waals surface area contributed by atoms with E-state index in [1.54, 1.807) is 11.0 Å². The Morgan fingerprint density at radius 3 is 2.95 bits per heavy atom. The minimum atomic E-state index is -0.119. The summed E-state index contributed by atoms with van der Waals surface area (Å²) < 4.78 is 5.54. The van der Waals surface area contributed by atoms with Crippen LogP contribution in [0.2, 0.25) is 0 Å². The first-order valence-corrected chi connectivity index (χ1v) is 7.66. The van der Waals surface area contributed by atoms with Crippen molar-refractivity contribution in [1.82, 2.24) is 9.88 Å². The first-order valence-electron chi connectivity index (χ1n) is 7.66. The summed E-state index contributed by atoms with van der Waals surface area (Å²) in [5, 5.41) is 9.58. The molecule has 1 aliphatic heterocycles. The predicted molar refractivity (Wildman–Crippen MR) is 78.3 cm³/mol. The van der Waals surface area contributed by atoms with E-state index in [0.29, 0.717) is 29.9 Å². The monoisotopic (exact) mass is 290 g/mol. The van der Waals surface area contributed by atoms with Crippen molar-refractivity contribution >= 4 is 5.91 Å². The number of aromatic nitrogens is 1. The van der Waals surface area contributed by atoms with E-state index in [2.05, 4.69) is 4.98 Å². The van der Waals surface area contributed by atoms with E-state index < -0.39 is 0 Å². The number of hydrogen-bond donors (Lipinski definition) is 1. The Balaban J connectivity index is 1.88. The molecule has 3 atom stereocenters. The first kappa shape index (κ1) is 14.3. The van der Waals surface area contributed by atoms with E-state index >= 15 is 0 Å². The first-order chi connectivity index (χ1) is 10.1. The van der Waals surface area contributed by atoms with Gasteiger partial charge < -0.3 is 14.7 Å². The smallest absolute Gasteiger partial charge is 0.276 e. The van der Waals surface area contributed by atoms with Crippen molar-refractivity contribution < 1.29 is 14.6 Å². The van der Waals surface area contributed by atoms with E-state index in [4.69, 9.17) is 4.74 Å². The van der Waals surface area contributed by atoms with Gasteiger partial charge in [0.25, 0.3) is 5.91 Å².